The van der Waals surface area contributed by atoms with Crippen LogP contribution in [-0.2, 0) is 4.79 Å². The van der Waals surface area contributed by atoms with E-state index in [4.69, 9.17) is 4.74 Å². The average Bonchev–Trinajstić information content (AvgIpc) is 3.11. The van der Waals surface area contributed by atoms with Gasteiger partial charge in [-0.3, -0.25) is 9.80 Å². The zero-order valence-electron chi connectivity index (χ0n) is 18.5. The standard InChI is InChI=1S/C24H25F4N3O3/c1-15-21(14-22(32)33)31(29-23(15)24(26,27)28)18-6-8-19(9-7-18)34-20-10-12-30(13-11-20)17-4-2-16(25)3-5-17/h2-9,15,20-21H,10-14H2,1H3,(H,32,33). The molecule has 1 saturated heterocycles. The summed E-state index contributed by atoms with van der Waals surface area (Å²) in [7, 11) is 0. The Hall–Kier alpha value is -3.30. The Morgan fingerprint density at radius 3 is 2.21 bits per heavy atom. The van der Waals surface area contributed by atoms with Gasteiger partial charge in [0.25, 0.3) is 0 Å². The molecule has 182 valence electrons. The summed E-state index contributed by atoms with van der Waals surface area (Å²) in [5.41, 5.74) is 0.349. The highest BCUT2D eigenvalue weighted by atomic mass is 19.4. The quantitative estimate of drug-likeness (QED) is 0.585. The Labute approximate surface area is 194 Å². The van der Waals surface area contributed by atoms with E-state index in [0.29, 0.717) is 11.4 Å². The summed E-state index contributed by atoms with van der Waals surface area (Å²) in [6, 6.07) is 11.9. The van der Waals surface area contributed by atoms with E-state index in [-0.39, 0.29) is 11.9 Å². The second-order valence-corrected chi connectivity index (χ2v) is 8.56. The minimum absolute atomic E-state index is 0.0241. The molecule has 2 aromatic rings. The van der Waals surface area contributed by atoms with E-state index in [1.165, 1.54) is 19.1 Å². The molecule has 2 atom stereocenters. The molecule has 4 rings (SSSR count). The molecule has 2 unspecified atom stereocenters. The lowest BCUT2D eigenvalue weighted by Crippen LogP contribution is -2.38. The summed E-state index contributed by atoms with van der Waals surface area (Å²) in [5.74, 6) is -1.96. The van der Waals surface area contributed by atoms with Crippen LogP contribution in [0, 0.1) is 11.7 Å². The van der Waals surface area contributed by atoms with E-state index in [9.17, 15) is 27.5 Å². The smallest absolute Gasteiger partial charge is 0.431 e. The van der Waals surface area contributed by atoms with E-state index in [2.05, 4.69) is 10.0 Å². The molecule has 0 saturated carbocycles. The minimum atomic E-state index is -4.63. The molecule has 2 aliphatic rings. The summed E-state index contributed by atoms with van der Waals surface area (Å²) < 4.78 is 59.2. The molecule has 0 radical (unpaired) electrons. The summed E-state index contributed by atoms with van der Waals surface area (Å²) in [4.78, 5) is 13.4. The number of alkyl halides is 3. The summed E-state index contributed by atoms with van der Waals surface area (Å²) >= 11 is 0. The molecule has 2 aliphatic heterocycles. The maximum absolute atomic E-state index is 13.3. The molecule has 1 N–H and O–H groups in total. The molecule has 2 heterocycles. The number of piperidine rings is 1. The Balaban J connectivity index is 1.40. The largest absolute Gasteiger partial charge is 0.490 e. The third kappa shape index (κ3) is 5.26. The van der Waals surface area contributed by atoms with Gasteiger partial charge in [0, 0.05) is 37.5 Å². The molecule has 0 aromatic heterocycles. The van der Waals surface area contributed by atoms with Crippen LogP contribution < -0.4 is 14.6 Å². The second-order valence-electron chi connectivity index (χ2n) is 8.56. The molecule has 34 heavy (non-hydrogen) atoms. The molecule has 1 fully saturated rings. The first-order valence-electron chi connectivity index (χ1n) is 11.1. The number of rotatable bonds is 6. The van der Waals surface area contributed by atoms with Crippen LogP contribution in [0.4, 0.5) is 28.9 Å². The fourth-order valence-electron chi connectivity index (χ4n) is 4.44. The van der Waals surface area contributed by atoms with Gasteiger partial charge >= 0.3 is 12.1 Å². The zero-order valence-corrected chi connectivity index (χ0v) is 18.5. The van der Waals surface area contributed by atoms with Crippen molar-refractivity contribution in [3.63, 3.8) is 0 Å². The van der Waals surface area contributed by atoms with E-state index in [1.807, 2.05) is 0 Å². The van der Waals surface area contributed by atoms with Gasteiger partial charge in [0.15, 0.2) is 0 Å². The van der Waals surface area contributed by atoms with Gasteiger partial charge < -0.3 is 14.7 Å². The number of hydrogen-bond donors (Lipinski definition) is 1. The van der Waals surface area contributed by atoms with E-state index >= 15 is 0 Å². The number of benzene rings is 2. The van der Waals surface area contributed by atoms with E-state index in [0.717, 1.165) is 36.6 Å². The topological polar surface area (TPSA) is 65.4 Å². The van der Waals surface area contributed by atoms with Crippen molar-refractivity contribution in [2.75, 3.05) is 23.0 Å². The third-order valence-electron chi connectivity index (χ3n) is 6.25. The van der Waals surface area contributed by atoms with Crippen molar-refractivity contribution in [1.29, 1.82) is 0 Å². The van der Waals surface area contributed by atoms with Crippen molar-refractivity contribution >= 4 is 23.1 Å². The number of halogens is 4. The summed E-state index contributed by atoms with van der Waals surface area (Å²) in [6.07, 6.45) is -3.58. The fraction of sp³-hybridized carbons (Fsp3) is 0.417. The van der Waals surface area contributed by atoms with Crippen LogP contribution >= 0.6 is 0 Å². The first-order valence-corrected chi connectivity index (χ1v) is 11.1. The fourth-order valence-corrected chi connectivity index (χ4v) is 4.44. The van der Waals surface area contributed by atoms with Crippen molar-refractivity contribution in [1.82, 2.24) is 0 Å². The third-order valence-corrected chi connectivity index (χ3v) is 6.25. The highest BCUT2D eigenvalue weighted by molar-refractivity contribution is 5.95. The molecule has 0 spiro atoms. The van der Waals surface area contributed by atoms with Crippen molar-refractivity contribution in [2.24, 2.45) is 11.0 Å². The van der Waals surface area contributed by atoms with Crippen molar-refractivity contribution in [3.05, 3.63) is 54.3 Å². The van der Waals surface area contributed by atoms with Gasteiger partial charge in [-0.1, -0.05) is 6.92 Å². The Bertz CT molecular complexity index is 1030. The Morgan fingerprint density at radius 1 is 1.06 bits per heavy atom. The lowest BCUT2D eigenvalue weighted by molar-refractivity contribution is -0.137. The Morgan fingerprint density at radius 2 is 1.65 bits per heavy atom. The maximum atomic E-state index is 13.3. The van der Waals surface area contributed by atoms with Crippen LogP contribution in [-0.4, -0.2) is 48.2 Å². The van der Waals surface area contributed by atoms with Crippen LogP contribution in [0.2, 0.25) is 0 Å². The van der Waals surface area contributed by atoms with Crippen molar-refractivity contribution in [3.8, 4) is 5.75 Å². The van der Waals surface area contributed by atoms with Gasteiger partial charge in [0.2, 0.25) is 0 Å². The minimum Gasteiger partial charge on any atom is -0.490 e. The maximum Gasteiger partial charge on any atom is 0.431 e. The number of nitrogens with zero attached hydrogens (tertiary/aromatic N) is 3. The Kier molecular flexibility index (Phi) is 6.67. The summed E-state index contributed by atoms with van der Waals surface area (Å²) in [5, 5.41) is 14.0. The second kappa shape index (κ2) is 9.52. The molecule has 0 bridgehead atoms. The van der Waals surface area contributed by atoms with Gasteiger partial charge in [-0.15, -0.1) is 0 Å². The van der Waals surface area contributed by atoms with E-state index in [1.54, 1.807) is 36.4 Å². The zero-order chi connectivity index (χ0) is 24.5. The lowest BCUT2D eigenvalue weighted by Gasteiger charge is -2.33. The van der Waals surface area contributed by atoms with Gasteiger partial charge in [0.1, 0.15) is 23.4 Å². The monoisotopic (exact) mass is 479 g/mol. The van der Waals surface area contributed by atoms with Crippen molar-refractivity contribution in [2.45, 2.75) is 44.5 Å². The number of carboxylic acid groups (broad SMARTS) is 1. The average molecular weight is 479 g/mol. The number of aliphatic carboxylic acids is 1. The van der Waals surface area contributed by atoms with Crippen LogP contribution in [0.3, 0.4) is 0 Å². The number of hydrogen-bond acceptors (Lipinski definition) is 5. The first-order chi connectivity index (χ1) is 16.1. The lowest BCUT2D eigenvalue weighted by atomic mass is 9.94. The highest BCUT2D eigenvalue weighted by Crippen LogP contribution is 2.37. The van der Waals surface area contributed by atoms with Crippen LogP contribution in [0.15, 0.2) is 53.6 Å². The van der Waals surface area contributed by atoms with Crippen LogP contribution in [0.25, 0.3) is 0 Å². The predicted octanol–water partition coefficient (Wildman–Crippen LogP) is 5.09. The van der Waals surface area contributed by atoms with E-state index < -0.39 is 36.2 Å². The molecular weight excluding hydrogens is 454 g/mol. The molecule has 6 nitrogen and oxygen atoms in total. The van der Waals surface area contributed by atoms with Crippen LogP contribution in [0.5, 0.6) is 5.75 Å². The predicted molar refractivity (Wildman–Crippen MR) is 120 cm³/mol. The number of carbonyl (C=O) groups is 1. The molecule has 0 amide bonds. The SMILES string of the molecule is CC1C(C(F)(F)F)=NN(c2ccc(OC3CCN(c4ccc(F)cc4)CC3)cc2)C1CC(=O)O. The number of carboxylic acids is 1. The van der Waals surface area contributed by atoms with Crippen LogP contribution in [0.1, 0.15) is 26.2 Å². The van der Waals surface area contributed by atoms with Gasteiger partial charge in [0.05, 0.1) is 18.2 Å². The highest BCUT2D eigenvalue weighted by Gasteiger charge is 2.48. The number of hydrazone groups is 1. The van der Waals surface area contributed by atoms with Gasteiger partial charge in [-0.25, -0.2) is 4.39 Å². The van der Waals surface area contributed by atoms with Gasteiger partial charge in [-0.2, -0.15) is 18.3 Å². The molecular formula is C24H25F4N3O3. The van der Waals surface area contributed by atoms with Gasteiger partial charge in [-0.05, 0) is 48.5 Å². The molecule has 2 aromatic carbocycles. The number of anilines is 2. The normalized spacial score (nSPS) is 21.5. The summed E-state index contributed by atoms with van der Waals surface area (Å²) in [6.45, 7) is 2.85. The molecule has 0 aliphatic carbocycles. The molecule has 10 heteroatoms. The number of ether oxygens (including phenoxy) is 1. The van der Waals surface area contributed by atoms with Crippen molar-refractivity contribution < 1.29 is 32.2 Å². The first kappa shape index (κ1) is 23.8.